The van der Waals surface area contributed by atoms with Gasteiger partial charge in [0.05, 0.1) is 7.11 Å². The Balaban J connectivity index is 1.91. The Hall–Kier alpha value is -1.76. The number of carbonyl (C=O) groups excluding carboxylic acids is 1. The van der Waals surface area contributed by atoms with Crippen LogP contribution in [0.1, 0.15) is 23.2 Å². The van der Waals surface area contributed by atoms with E-state index in [1.807, 2.05) is 0 Å². The highest BCUT2D eigenvalue weighted by Crippen LogP contribution is 2.32. The minimum atomic E-state index is -0.423. The number of rotatable bonds is 2. The fourth-order valence-electron chi connectivity index (χ4n) is 3.26. The van der Waals surface area contributed by atoms with Crippen LogP contribution in [0, 0.1) is 5.92 Å². The summed E-state index contributed by atoms with van der Waals surface area (Å²) < 4.78 is 6.37. The highest BCUT2D eigenvalue weighted by molar-refractivity contribution is 5.99. The van der Waals surface area contributed by atoms with Crippen LogP contribution in [-0.4, -0.2) is 48.5 Å². The molecule has 2 fully saturated rings. The van der Waals surface area contributed by atoms with Crippen LogP contribution < -0.4 is 16.0 Å². The molecule has 0 aromatic carbocycles. The van der Waals surface area contributed by atoms with Gasteiger partial charge in [-0.1, -0.05) is 0 Å². The molecule has 0 spiro atoms. The summed E-state index contributed by atoms with van der Waals surface area (Å²) in [6.45, 7) is 2.85. The molecule has 0 aliphatic carbocycles. The van der Waals surface area contributed by atoms with E-state index in [0.29, 0.717) is 29.2 Å². The Morgan fingerprint density at radius 2 is 2.30 bits per heavy atom. The van der Waals surface area contributed by atoms with E-state index in [1.54, 1.807) is 7.05 Å². The summed E-state index contributed by atoms with van der Waals surface area (Å²) in [6.07, 6.45) is 2.44. The number of hydrogen-bond acceptors (Lipinski definition) is 6. The van der Waals surface area contributed by atoms with Crippen molar-refractivity contribution in [3.05, 3.63) is 5.56 Å². The second kappa shape index (κ2) is 4.97. The molecule has 110 valence electrons. The molecular weight excluding hydrogens is 258 g/mol. The lowest BCUT2D eigenvalue weighted by Crippen LogP contribution is -2.40. The van der Waals surface area contributed by atoms with E-state index in [1.165, 1.54) is 24.6 Å². The number of aromatic nitrogens is 2. The van der Waals surface area contributed by atoms with E-state index in [4.69, 9.17) is 10.5 Å². The van der Waals surface area contributed by atoms with Crippen molar-refractivity contribution in [2.24, 2.45) is 13.0 Å². The first-order valence-corrected chi connectivity index (χ1v) is 7.01. The topological polar surface area (TPSA) is 85.4 Å². The number of methoxy groups -OCH3 is 1. The predicted octanol–water partition coefficient (Wildman–Crippen LogP) is -0.0229. The van der Waals surface area contributed by atoms with Gasteiger partial charge >= 0.3 is 5.97 Å². The van der Waals surface area contributed by atoms with Crippen LogP contribution in [0.25, 0.3) is 0 Å². The van der Waals surface area contributed by atoms with Crippen LogP contribution in [0.4, 0.5) is 11.6 Å². The first kappa shape index (κ1) is 13.2. The van der Waals surface area contributed by atoms with Crippen molar-refractivity contribution in [3.8, 4) is 0 Å². The van der Waals surface area contributed by atoms with Crippen molar-refractivity contribution in [2.45, 2.75) is 18.9 Å². The predicted molar refractivity (Wildman–Crippen MR) is 75.7 cm³/mol. The number of nitrogens with two attached hydrogens (primary N) is 1. The number of nitrogen functional groups attached to an aromatic ring is 1. The summed E-state index contributed by atoms with van der Waals surface area (Å²) in [5.41, 5.74) is 6.33. The number of piperidine rings is 1. The molecular formula is C13H21N5O2. The molecule has 0 radical (unpaired) electrons. The lowest BCUT2D eigenvalue weighted by molar-refractivity contribution is 0.0602. The summed E-state index contributed by atoms with van der Waals surface area (Å²) in [7, 11) is 3.11. The van der Waals surface area contributed by atoms with Crippen LogP contribution in [0.15, 0.2) is 0 Å². The monoisotopic (exact) mass is 279 g/mol. The molecule has 2 aliphatic rings. The Kier molecular flexibility index (Phi) is 3.29. The maximum Gasteiger partial charge on any atom is 0.345 e. The molecule has 2 aliphatic heterocycles. The van der Waals surface area contributed by atoms with Gasteiger partial charge in [-0.2, -0.15) is 5.10 Å². The Morgan fingerprint density at radius 3 is 3.00 bits per heavy atom. The largest absolute Gasteiger partial charge is 0.465 e. The average Bonchev–Trinajstić information content (AvgIpc) is 3.00. The lowest BCUT2D eigenvalue weighted by Gasteiger charge is -2.24. The van der Waals surface area contributed by atoms with E-state index in [-0.39, 0.29) is 0 Å². The van der Waals surface area contributed by atoms with Crippen LogP contribution in [0.3, 0.4) is 0 Å². The minimum absolute atomic E-state index is 0.356. The van der Waals surface area contributed by atoms with Gasteiger partial charge in [-0.25, -0.2) is 4.79 Å². The van der Waals surface area contributed by atoms with Gasteiger partial charge in [0, 0.05) is 26.2 Å². The molecule has 7 nitrogen and oxygen atoms in total. The number of esters is 1. The smallest absolute Gasteiger partial charge is 0.345 e. The number of hydrogen-bond donors (Lipinski definition) is 2. The SMILES string of the molecule is COC(=O)c1c(N2CC3CCCNC3C2)nn(C)c1N. The molecule has 7 heteroatoms. The highest BCUT2D eigenvalue weighted by Gasteiger charge is 2.37. The van der Waals surface area contributed by atoms with E-state index in [2.05, 4.69) is 15.3 Å². The van der Waals surface area contributed by atoms with Crippen molar-refractivity contribution >= 4 is 17.6 Å². The Labute approximate surface area is 118 Å². The Bertz CT molecular complexity index is 513. The quantitative estimate of drug-likeness (QED) is 0.740. The van der Waals surface area contributed by atoms with Crippen molar-refractivity contribution in [3.63, 3.8) is 0 Å². The molecule has 3 heterocycles. The number of anilines is 2. The first-order chi connectivity index (χ1) is 9.61. The van der Waals surface area contributed by atoms with Crippen LogP contribution in [0.5, 0.6) is 0 Å². The maximum atomic E-state index is 11.9. The molecule has 2 atom stereocenters. The zero-order valence-electron chi connectivity index (χ0n) is 11.9. The van der Waals surface area contributed by atoms with Gasteiger partial charge in [0.25, 0.3) is 0 Å². The zero-order chi connectivity index (χ0) is 14.3. The lowest BCUT2D eigenvalue weighted by atomic mass is 9.94. The number of fused-ring (bicyclic) bond motifs is 1. The summed E-state index contributed by atoms with van der Waals surface area (Å²) in [4.78, 5) is 14.1. The van der Waals surface area contributed by atoms with Gasteiger partial charge < -0.3 is 20.7 Å². The highest BCUT2D eigenvalue weighted by atomic mass is 16.5. The molecule has 2 saturated heterocycles. The molecule has 0 saturated carbocycles. The fourth-order valence-corrected chi connectivity index (χ4v) is 3.26. The van der Waals surface area contributed by atoms with Gasteiger partial charge in [0.1, 0.15) is 11.4 Å². The third kappa shape index (κ3) is 2.02. The summed E-state index contributed by atoms with van der Waals surface area (Å²) in [5.74, 6) is 1.20. The van der Waals surface area contributed by atoms with Gasteiger partial charge in [-0.05, 0) is 25.3 Å². The second-order valence-electron chi connectivity index (χ2n) is 5.57. The normalized spacial score (nSPS) is 25.6. The number of nitrogens with zero attached hydrogens (tertiary/aromatic N) is 3. The first-order valence-electron chi connectivity index (χ1n) is 7.01. The second-order valence-corrected chi connectivity index (χ2v) is 5.57. The van der Waals surface area contributed by atoms with E-state index < -0.39 is 5.97 Å². The fraction of sp³-hybridized carbons (Fsp3) is 0.692. The van der Waals surface area contributed by atoms with Crippen LogP contribution in [0.2, 0.25) is 0 Å². The van der Waals surface area contributed by atoms with Crippen LogP contribution >= 0.6 is 0 Å². The third-order valence-corrected chi connectivity index (χ3v) is 4.36. The van der Waals surface area contributed by atoms with E-state index in [0.717, 1.165) is 19.6 Å². The molecule has 2 unspecified atom stereocenters. The van der Waals surface area contributed by atoms with Gasteiger partial charge in [0.2, 0.25) is 0 Å². The number of nitrogens with one attached hydrogen (secondary N) is 1. The molecule has 1 aromatic heterocycles. The number of aryl methyl sites for hydroxylation is 1. The number of carbonyl (C=O) groups is 1. The summed E-state index contributed by atoms with van der Waals surface area (Å²) >= 11 is 0. The van der Waals surface area contributed by atoms with Crippen molar-refractivity contribution < 1.29 is 9.53 Å². The molecule has 0 bridgehead atoms. The van der Waals surface area contributed by atoms with Gasteiger partial charge in [-0.3, -0.25) is 4.68 Å². The van der Waals surface area contributed by atoms with Crippen molar-refractivity contribution in [1.29, 1.82) is 0 Å². The molecule has 0 amide bonds. The van der Waals surface area contributed by atoms with Gasteiger partial charge in [-0.15, -0.1) is 0 Å². The average molecular weight is 279 g/mol. The molecule has 3 rings (SSSR count). The maximum absolute atomic E-state index is 11.9. The van der Waals surface area contributed by atoms with Crippen LogP contribution in [-0.2, 0) is 11.8 Å². The molecule has 20 heavy (non-hydrogen) atoms. The summed E-state index contributed by atoms with van der Waals surface area (Å²) in [6, 6.07) is 0.484. The van der Waals surface area contributed by atoms with Gasteiger partial charge in [0.15, 0.2) is 5.82 Å². The Morgan fingerprint density at radius 1 is 1.50 bits per heavy atom. The van der Waals surface area contributed by atoms with Crippen molar-refractivity contribution in [2.75, 3.05) is 37.4 Å². The summed E-state index contributed by atoms with van der Waals surface area (Å²) in [5, 5.41) is 7.95. The van der Waals surface area contributed by atoms with E-state index in [9.17, 15) is 4.79 Å². The standard InChI is InChI=1S/C13H21N5O2/c1-17-11(14)10(13(19)20-2)12(16-17)18-6-8-4-3-5-15-9(8)7-18/h8-9,15H,3-7,14H2,1-2H3. The third-order valence-electron chi connectivity index (χ3n) is 4.36. The van der Waals surface area contributed by atoms with Crippen molar-refractivity contribution in [1.82, 2.24) is 15.1 Å². The molecule has 1 aromatic rings. The minimum Gasteiger partial charge on any atom is -0.465 e. The number of ether oxygens (including phenoxy) is 1. The van der Waals surface area contributed by atoms with E-state index >= 15 is 0 Å². The zero-order valence-corrected chi connectivity index (χ0v) is 11.9. The molecule has 3 N–H and O–H groups in total.